The van der Waals surface area contributed by atoms with Crippen molar-refractivity contribution in [2.24, 2.45) is 0 Å². The Kier molecular flexibility index (Phi) is 7.14. The number of nitrogens with one attached hydrogen (secondary N) is 1. The highest BCUT2D eigenvalue weighted by Gasteiger charge is 2.06. The molecule has 0 aliphatic heterocycles. The second kappa shape index (κ2) is 8.72. The fraction of sp³-hybridized carbons (Fsp3) is 0.467. The Labute approximate surface area is 110 Å². The molecule has 1 aromatic carbocycles. The molecule has 0 aliphatic carbocycles. The van der Waals surface area contributed by atoms with E-state index < -0.39 is 0 Å². The molecule has 0 amide bonds. The Morgan fingerprint density at radius 2 is 2.17 bits per heavy atom. The summed E-state index contributed by atoms with van der Waals surface area (Å²) < 4.78 is 10.9. The Morgan fingerprint density at radius 1 is 1.39 bits per heavy atom. The molecule has 0 bridgehead atoms. The minimum absolute atomic E-state index is 0.132. The molecule has 1 unspecified atom stereocenters. The number of methoxy groups -OCH3 is 1. The molecule has 0 saturated carbocycles. The van der Waals surface area contributed by atoms with Crippen molar-refractivity contribution in [1.82, 2.24) is 5.32 Å². The highest BCUT2D eigenvalue weighted by Crippen LogP contribution is 2.19. The zero-order valence-corrected chi connectivity index (χ0v) is 11.3. The van der Waals surface area contributed by atoms with E-state index in [0.29, 0.717) is 0 Å². The van der Waals surface area contributed by atoms with Crippen molar-refractivity contribution in [3.8, 4) is 5.75 Å². The summed E-state index contributed by atoms with van der Waals surface area (Å²) in [6.07, 6.45) is 2.86. The van der Waals surface area contributed by atoms with Gasteiger partial charge in [-0.05, 0) is 25.0 Å². The third kappa shape index (κ3) is 5.34. The van der Waals surface area contributed by atoms with Gasteiger partial charge in [-0.25, -0.2) is 0 Å². The first kappa shape index (κ1) is 14.7. The van der Waals surface area contributed by atoms with Gasteiger partial charge in [-0.2, -0.15) is 0 Å². The lowest BCUT2D eigenvalue weighted by molar-refractivity contribution is 0.183. The maximum absolute atomic E-state index is 5.93. The number of ether oxygens (including phenoxy) is 2. The molecular formula is C15H23NO2. The van der Waals surface area contributed by atoms with E-state index >= 15 is 0 Å². The van der Waals surface area contributed by atoms with Gasteiger partial charge in [0.15, 0.2) is 0 Å². The molecule has 1 atom stereocenters. The SMILES string of the molecule is C=CCc1ccccc1OC(C)CNCCOC. The van der Waals surface area contributed by atoms with Crippen molar-refractivity contribution in [2.75, 3.05) is 26.8 Å². The van der Waals surface area contributed by atoms with Gasteiger partial charge in [0.05, 0.1) is 6.61 Å². The molecule has 1 aromatic rings. The summed E-state index contributed by atoms with van der Waals surface area (Å²) in [4.78, 5) is 0. The summed E-state index contributed by atoms with van der Waals surface area (Å²) in [5.74, 6) is 0.943. The van der Waals surface area contributed by atoms with Crippen LogP contribution in [0.2, 0.25) is 0 Å². The van der Waals surface area contributed by atoms with Gasteiger partial charge in [-0.1, -0.05) is 24.3 Å². The lowest BCUT2D eigenvalue weighted by Gasteiger charge is -2.17. The number of para-hydroxylation sites is 1. The third-order valence-electron chi connectivity index (χ3n) is 2.58. The van der Waals surface area contributed by atoms with Gasteiger partial charge in [0.2, 0.25) is 0 Å². The van der Waals surface area contributed by atoms with E-state index in [9.17, 15) is 0 Å². The lowest BCUT2D eigenvalue weighted by Crippen LogP contribution is -2.31. The quantitative estimate of drug-likeness (QED) is 0.538. The van der Waals surface area contributed by atoms with E-state index in [0.717, 1.165) is 31.9 Å². The molecule has 0 fully saturated rings. The topological polar surface area (TPSA) is 30.5 Å². The summed E-state index contributed by atoms with van der Waals surface area (Å²) in [7, 11) is 1.70. The van der Waals surface area contributed by atoms with Gasteiger partial charge < -0.3 is 14.8 Å². The summed E-state index contributed by atoms with van der Waals surface area (Å²) >= 11 is 0. The predicted molar refractivity (Wildman–Crippen MR) is 75.2 cm³/mol. The van der Waals surface area contributed by atoms with Crippen LogP contribution in [0.3, 0.4) is 0 Å². The largest absolute Gasteiger partial charge is 0.489 e. The Hall–Kier alpha value is -1.32. The standard InChI is InChI=1S/C15H23NO2/c1-4-7-14-8-5-6-9-15(14)18-13(2)12-16-10-11-17-3/h4-6,8-9,13,16H,1,7,10-12H2,2-3H3. The van der Waals surface area contributed by atoms with Crippen LogP contribution >= 0.6 is 0 Å². The molecular weight excluding hydrogens is 226 g/mol. The van der Waals surface area contributed by atoms with Crippen molar-refractivity contribution >= 4 is 0 Å². The van der Waals surface area contributed by atoms with Crippen molar-refractivity contribution in [3.05, 3.63) is 42.5 Å². The maximum Gasteiger partial charge on any atom is 0.123 e. The lowest BCUT2D eigenvalue weighted by atomic mass is 10.1. The summed E-state index contributed by atoms with van der Waals surface area (Å²) in [5, 5.41) is 3.29. The van der Waals surface area contributed by atoms with E-state index in [1.165, 1.54) is 5.56 Å². The van der Waals surface area contributed by atoms with Gasteiger partial charge in [0.1, 0.15) is 11.9 Å². The second-order valence-corrected chi connectivity index (χ2v) is 4.23. The predicted octanol–water partition coefficient (Wildman–Crippen LogP) is 2.42. The van der Waals surface area contributed by atoms with Gasteiger partial charge >= 0.3 is 0 Å². The Morgan fingerprint density at radius 3 is 2.89 bits per heavy atom. The van der Waals surface area contributed by atoms with Crippen molar-refractivity contribution in [1.29, 1.82) is 0 Å². The first-order valence-corrected chi connectivity index (χ1v) is 6.33. The zero-order chi connectivity index (χ0) is 13.2. The van der Waals surface area contributed by atoms with E-state index in [4.69, 9.17) is 9.47 Å². The summed E-state index contributed by atoms with van der Waals surface area (Å²) in [6.45, 7) is 8.20. The zero-order valence-electron chi connectivity index (χ0n) is 11.3. The van der Waals surface area contributed by atoms with Crippen LogP contribution in [0.5, 0.6) is 5.75 Å². The van der Waals surface area contributed by atoms with Gasteiger partial charge in [0.25, 0.3) is 0 Å². The first-order chi connectivity index (χ1) is 8.77. The van der Waals surface area contributed by atoms with Crippen LogP contribution < -0.4 is 10.1 Å². The fourth-order valence-electron chi connectivity index (χ4n) is 1.68. The molecule has 3 heteroatoms. The third-order valence-corrected chi connectivity index (χ3v) is 2.58. The molecule has 3 nitrogen and oxygen atoms in total. The first-order valence-electron chi connectivity index (χ1n) is 6.33. The molecule has 0 heterocycles. The number of allylic oxidation sites excluding steroid dienone is 1. The van der Waals surface area contributed by atoms with Gasteiger partial charge in [0, 0.05) is 20.2 Å². The normalized spacial score (nSPS) is 12.1. The molecule has 18 heavy (non-hydrogen) atoms. The van der Waals surface area contributed by atoms with Crippen LogP contribution in [0.15, 0.2) is 36.9 Å². The van der Waals surface area contributed by atoms with Gasteiger partial charge in [-0.3, -0.25) is 0 Å². The number of rotatable bonds is 9. The monoisotopic (exact) mass is 249 g/mol. The van der Waals surface area contributed by atoms with E-state index in [-0.39, 0.29) is 6.10 Å². The van der Waals surface area contributed by atoms with Crippen molar-refractivity contribution in [2.45, 2.75) is 19.4 Å². The highest BCUT2D eigenvalue weighted by molar-refractivity contribution is 5.34. The van der Waals surface area contributed by atoms with E-state index in [2.05, 4.69) is 24.9 Å². The van der Waals surface area contributed by atoms with Crippen molar-refractivity contribution in [3.63, 3.8) is 0 Å². The molecule has 0 radical (unpaired) electrons. The van der Waals surface area contributed by atoms with Crippen LogP contribution in [0.4, 0.5) is 0 Å². The van der Waals surface area contributed by atoms with Crippen LogP contribution in [0.25, 0.3) is 0 Å². The number of benzene rings is 1. The summed E-state index contributed by atoms with van der Waals surface area (Å²) in [5.41, 5.74) is 1.18. The molecule has 0 spiro atoms. The van der Waals surface area contributed by atoms with Crippen LogP contribution in [0, 0.1) is 0 Å². The fourth-order valence-corrected chi connectivity index (χ4v) is 1.68. The van der Waals surface area contributed by atoms with Crippen molar-refractivity contribution < 1.29 is 9.47 Å². The molecule has 0 aliphatic rings. The average molecular weight is 249 g/mol. The average Bonchev–Trinajstić information content (AvgIpc) is 2.37. The number of hydrogen-bond acceptors (Lipinski definition) is 3. The van der Waals surface area contributed by atoms with Crippen LogP contribution in [0.1, 0.15) is 12.5 Å². The van der Waals surface area contributed by atoms with Crippen LogP contribution in [-0.2, 0) is 11.2 Å². The molecule has 1 rings (SSSR count). The second-order valence-electron chi connectivity index (χ2n) is 4.23. The highest BCUT2D eigenvalue weighted by atomic mass is 16.5. The van der Waals surface area contributed by atoms with Crippen LogP contribution in [-0.4, -0.2) is 32.9 Å². The molecule has 1 N–H and O–H groups in total. The minimum atomic E-state index is 0.132. The molecule has 0 aromatic heterocycles. The van der Waals surface area contributed by atoms with E-state index in [1.54, 1.807) is 7.11 Å². The smallest absolute Gasteiger partial charge is 0.123 e. The Bertz CT molecular complexity index is 352. The molecule has 0 saturated heterocycles. The maximum atomic E-state index is 5.93. The number of hydrogen-bond donors (Lipinski definition) is 1. The minimum Gasteiger partial charge on any atom is -0.489 e. The Balaban J connectivity index is 2.43. The van der Waals surface area contributed by atoms with E-state index in [1.807, 2.05) is 24.3 Å². The summed E-state index contributed by atoms with van der Waals surface area (Å²) in [6, 6.07) is 8.09. The van der Waals surface area contributed by atoms with Gasteiger partial charge in [-0.15, -0.1) is 6.58 Å². The molecule has 100 valence electrons.